The van der Waals surface area contributed by atoms with E-state index in [0.717, 1.165) is 49.5 Å². The van der Waals surface area contributed by atoms with Crippen LogP contribution in [0.3, 0.4) is 0 Å². The van der Waals surface area contributed by atoms with Crippen LogP contribution >= 0.6 is 0 Å². The number of amides is 2. The van der Waals surface area contributed by atoms with Crippen LogP contribution in [0.4, 0.5) is 10.6 Å². The Morgan fingerprint density at radius 3 is 2.61 bits per heavy atom. The zero-order chi connectivity index (χ0) is 19.8. The fourth-order valence-corrected chi connectivity index (χ4v) is 3.24. The summed E-state index contributed by atoms with van der Waals surface area (Å²) in [5.74, 6) is 1.71. The maximum Gasteiger partial charge on any atom is 0.315 e. The predicted molar refractivity (Wildman–Crippen MR) is 107 cm³/mol. The summed E-state index contributed by atoms with van der Waals surface area (Å²) in [5.41, 5.74) is 1.72. The number of aromatic nitrogens is 1. The van der Waals surface area contributed by atoms with Gasteiger partial charge in [0.2, 0.25) is 0 Å². The number of methoxy groups -OCH3 is 1. The van der Waals surface area contributed by atoms with Crippen molar-refractivity contribution in [1.82, 2.24) is 15.6 Å². The van der Waals surface area contributed by atoms with Gasteiger partial charge < -0.3 is 20.3 Å². The van der Waals surface area contributed by atoms with Gasteiger partial charge in [-0.05, 0) is 49.1 Å². The second-order valence-corrected chi connectivity index (χ2v) is 6.78. The van der Waals surface area contributed by atoms with Gasteiger partial charge in [0, 0.05) is 31.9 Å². The van der Waals surface area contributed by atoms with Gasteiger partial charge in [-0.3, -0.25) is 0 Å². The topological polar surface area (TPSA) is 90.3 Å². The largest absolute Gasteiger partial charge is 0.497 e. The van der Waals surface area contributed by atoms with E-state index in [1.165, 1.54) is 0 Å². The number of hydrogen-bond donors (Lipinski definition) is 2. The molecule has 0 radical (unpaired) electrons. The van der Waals surface area contributed by atoms with Gasteiger partial charge in [0.05, 0.1) is 12.7 Å². The van der Waals surface area contributed by atoms with E-state index in [4.69, 9.17) is 10.00 Å². The second kappa shape index (κ2) is 9.60. The molecule has 0 bridgehead atoms. The van der Waals surface area contributed by atoms with Gasteiger partial charge in [0.25, 0.3) is 0 Å². The van der Waals surface area contributed by atoms with Gasteiger partial charge in [0.15, 0.2) is 0 Å². The summed E-state index contributed by atoms with van der Waals surface area (Å²) in [6, 6.07) is 13.6. The van der Waals surface area contributed by atoms with E-state index in [9.17, 15) is 4.79 Å². The van der Waals surface area contributed by atoms with E-state index in [0.29, 0.717) is 12.1 Å². The number of carbonyl (C=O) groups excluding carboxylic acids is 1. The van der Waals surface area contributed by atoms with Gasteiger partial charge in [-0.2, -0.15) is 5.26 Å². The first-order valence-corrected chi connectivity index (χ1v) is 9.46. The first-order chi connectivity index (χ1) is 13.7. The van der Waals surface area contributed by atoms with E-state index in [-0.39, 0.29) is 12.1 Å². The number of rotatable bonds is 6. The molecular formula is C21H25N5O2. The molecule has 1 aliphatic heterocycles. The van der Waals surface area contributed by atoms with Crippen LogP contribution in [0, 0.1) is 11.3 Å². The number of ether oxygens (including phenoxy) is 1. The van der Waals surface area contributed by atoms with Crippen LogP contribution in [-0.4, -0.2) is 43.8 Å². The van der Waals surface area contributed by atoms with Crippen molar-refractivity contribution in [3.8, 4) is 11.8 Å². The quantitative estimate of drug-likeness (QED) is 0.805. The Morgan fingerprint density at radius 1 is 1.25 bits per heavy atom. The highest BCUT2D eigenvalue weighted by Crippen LogP contribution is 2.18. The minimum Gasteiger partial charge on any atom is -0.497 e. The Kier molecular flexibility index (Phi) is 6.68. The van der Waals surface area contributed by atoms with Crippen LogP contribution < -0.4 is 20.3 Å². The Labute approximate surface area is 165 Å². The average molecular weight is 379 g/mol. The summed E-state index contributed by atoms with van der Waals surface area (Å²) in [4.78, 5) is 18.6. The number of urea groups is 1. The lowest BCUT2D eigenvalue weighted by Crippen LogP contribution is -2.48. The molecule has 2 N–H and O–H groups in total. The molecule has 3 rings (SSSR count). The highest BCUT2D eigenvalue weighted by atomic mass is 16.5. The van der Waals surface area contributed by atoms with Crippen LogP contribution in [0.5, 0.6) is 5.75 Å². The molecule has 1 saturated heterocycles. The molecule has 7 nitrogen and oxygen atoms in total. The maximum atomic E-state index is 12.1. The highest BCUT2D eigenvalue weighted by molar-refractivity contribution is 5.74. The molecular weight excluding hydrogens is 354 g/mol. The van der Waals surface area contributed by atoms with Gasteiger partial charge in [-0.25, -0.2) is 9.78 Å². The third-order valence-corrected chi connectivity index (χ3v) is 4.89. The van der Waals surface area contributed by atoms with E-state index in [2.05, 4.69) is 26.6 Å². The lowest BCUT2D eigenvalue weighted by molar-refractivity contribution is 0.234. The molecule has 1 aromatic carbocycles. The van der Waals surface area contributed by atoms with Crippen LogP contribution in [0.25, 0.3) is 0 Å². The molecule has 0 aliphatic carbocycles. The first kappa shape index (κ1) is 19.5. The van der Waals surface area contributed by atoms with Crippen molar-refractivity contribution >= 4 is 11.8 Å². The molecule has 28 heavy (non-hydrogen) atoms. The SMILES string of the molecule is COc1ccc(CCNC(=O)NC2CCN(c3ccc(C#N)cn3)CC2)cc1. The summed E-state index contributed by atoms with van der Waals surface area (Å²) in [7, 11) is 1.65. The van der Waals surface area contributed by atoms with Crippen LogP contribution in [0.1, 0.15) is 24.0 Å². The van der Waals surface area contributed by atoms with E-state index < -0.39 is 0 Å². The van der Waals surface area contributed by atoms with Gasteiger partial charge in [0.1, 0.15) is 17.6 Å². The molecule has 1 fully saturated rings. The molecule has 2 amide bonds. The summed E-state index contributed by atoms with van der Waals surface area (Å²) in [6.45, 7) is 2.25. The van der Waals surface area contributed by atoms with Crippen molar-refractivity contribution in [3.05, 3.63) is 53.7 Å². The summed E-state index contributed by atoms with van der Waals surface area (Å²) in [6.07, 6.45) is 4.11. The Morgan fingerprint density at radius 2 is 2.00 bits per heavy atom. The van der Waals surface area contributed by atoms with Crippen LogP contribution in [0.15, 0.2) is 42.6 Å². The zero-order valence-corrected chi connectivity index (χ0v) is 16.0. The molecule has 2 aromatic rings. The van der Waals surface area contributed by atoms with E-state index in [1.54, 1.807) is 19.4 Å². The second-order valence-electron chi connectivity index (χ2n) is 6.78. The summed E-state index contributed by atoms with van der Waals surface area (Å²) >= 11 is 0. The third-order valence-electron chi connectivity index (χ3n) is 4.89. The molecule has 0 atom stereocenters. The maximum absolute atomic E-state index is 12.1. The Bertz CT molecular complexity index is 806. The molecule has 0 spiro atoms. The van der Waals surface area contributed by atoms with Crippen molar-refractivity contribution < 1.29 is 9.53 Å². The lowest BCUT2D eigenvalue weighted by Gasteiger charge is -2.33. The number of nitrogens with zero attached hydrogens (tertiary/aromatic N) is 3. The van der Waals surface area contributed by atoms with E-state index >= 15 is 0 Å². The third kappa shape index (κ3) is 5.36. The minimum atomic E-state index is -0.122. The van der Waals surface area contributed by atoms with Gasteiger partial charge in [-0.15, -0.1) is 0 Å². The minimum absolute atomic E-state index is 0.122. The number of piperidine rings is 1. The molecule has 1 aromatic heterocycles. The Balaban J connectivity index is 1.36. The fraction of sp³-hybridized carbons (Fsp3) is 0.381. The molecule has 0 unspecified atom stereocenters. The normalized spacial score (nSPS) is 14.2. The van der Waals surface area contributed by atoms with Crippen molar-refractivity contribution in [2.75, 3.05) is 31.6 Å². The zero-order valence-electron chi connectivity index (χ0n) is 16.0. The molecule has 0 saturated carbocycles. The smallest absolute Gasteiger partial charge is 0.315 e. The molecule has 1 aliphatic rings. The summed E-state index contributed by atoms with van der Waals surface area (Å²) < 4.78 is 5.14. The molecule has 7 heteroatoms. The number of nitrogens with one attached hydrogen (secondary N) is 2. The van der Waals surface area contributed by atoms with Crippen molar-refractivity contribution in [3.63, 3.8) is 0 Å². The number of benzene rings is 1. The number of hydrogen-bond acceptors (Lipinski definition) is 5. The molecule has 146 valence electrons. The van der Waals surface area contributed by atoms with Crippen molar-refractivity contribution in [1.29, 1.82) is 5.26 Å². The number of pyridine rings is 1. The number of carbonyl (C=O) groups is 1. The molecule has 2 heterocycles. The number of nitriles is 1. The monoisotopic (exact) mass is 379 g/mol. The van der Waals surface area contributed by atoms with Crippen molar-refractivity contribution in [2.24, 2.45) is 0 Å². The van der Waals surface area contributed by atoms with Crippen LogP contribution in [-0.2, 0) is 6.42 Å². The van der Waals surface area contributed by atoms with Crippen molar-refractivity contribution in [2.45, 2.75) is 25.3 Å². The first-order valence-electron chi connectivity index (χ1n) is 9.46. The predicted octanol–water partition coefficient (Wildman–Crippen LogP) is 2.47. The Hall–Kier alpha value is -3.27. The average Bonchev–Trinajstić information content (AvgIpc) is 2.75. The van der Waals surface area contributed by atoms with Crippen LogP contribution in [0.2, 0.25) is 0 Å². The van der Waals surface area contributed by atoms with E-state index in [1.807, 2.05) is 30.3 Å². The summed E-state index contributed by atoms with van der Waals surface area (Å²) in [5, 5.41) is 14.8. The fourth-order valence-electron chi connectivity index (χ4n) is 3.24. The lowest BCUT2D eigenvalue weighted by atomic mass is 10.1. The van der Waals surface area contributed by atoms with Gasteiger partial charge in [-0.1, -0.05) is 12.1 Å². The standard InChI is InChI=1S/C21H25N5O2/c1-28-19-5-2-16(3-6-19)8-11-23-21(27)25-18-9-12-26(13-10-18)20-7-4-17(14-22)15-24-20/h2-7,15,18H,8-13H2,1H3,(H2,23,25,27). The highest BCUT2D eigenvalue weighted by Gasteiger charge is 2.21. The number of anilines is 1. The van der Waals surface area contributed by atoms with Gasteiger partial charge >= 0.3 is 6.03 Å².